The molecular formula is C12H17NO4S. The van der Waals surface area contributed by atoms with Crippen molar-refractivity contribution in [2.45, 2.75) is 11.3 Å². The third kappa shape index (κ3) is 4.46. The van der Waals surface area contributed by atoms with Crippen LogP contribution in [0.2, 0.25) is 0 Å². The normalized spacial score (nSPS) is 11.2. The number of sulfone groups is 1. The van der Waals surface area contributed by atoms with Crippen molar-refractivity contribution in [3.05, 3.63) is 29.8 Å². The standard InChI is InChI=1S/C12H17NO4S/c1-17-8-7-13-12(14)9-10-5-3-4-6-11(10)18(2,15)16/h3-6H,7-9H2,1-2H3,(H,13,14). The van der Waals surface area contributed by atoms with E-state index in [-0.39, 0.29) is 17.2 Å². The van der Waals surface area contributed by atoms with Crippen molar-refractivity contribution >= 4 is 15.7 Å². The zero-order valence-electron chi connectivity index (χ0n) is 10.5. The number of benzene rings is 1. The van der Waals surface area contributed by atoms with E-state index in [1.54, 1.807) is 25.3 Å². The Morgan fingerprint density at radius 3 is 2.61 bits per heavy atom. The molecule has 0 fully saturated rings. The van der Waals surface area contributed by atoms with Crippen LogP contribution in [0, 0.1) is 0 Å². The van der Waals surface area contributed by atoms with Gasteiger partial charge in [0.05, 0.1) is 17.9 Å². The summed E-state index contributed by atoms with van der Waals surface area (Å²) in [6, 6.07) is 6.51. The number of carbonyl (C=O) groups is 1. The Labute approximate surface area is 107 Å². The van der Waals surface area contributed by atoms with E-state index in [1.165, 1.54) is 6.07 Å². The van der Waals surface area contributed by atoms with Crippen LogP contribution >= 0.6 is 0 Å². The maximum absolute atomic E-state index is 11.6. The Morgan fingerprint density at radius 2 is 2.00 bits per heavy atom. The molecular weight excluding hydrogens is 254 g/mol. The monoisotopic (exact) mass is 271 g/mol. The van der Waals surface area contributed by atoms with Crippen LogP contribution in [0.25, 0.3) is 0 Å². The van der Waals surface area contributed by atoms with Gasteiger partial charge in [-0.2, -0.15) is 0 Å². The van der Waals surface area contributed by atoms with E-state index in [1.807, 2.05) is 0 Å². The summed E-state index contributed by atoms with van der Waals surface area (Å²) < 4.78 is 27.9. The topological polar surface area (TPSA) is 72.5 Å². The Morgan fingerprint density at radius 1 is 1.33 bits per heavy atom. The SMILES string of the molecule is COCCNC(=O)Cc1ccccc1S(C)(=O)=O. The molecule has 0 aromatic heterocycles. The van der Waals surface area contributed by atoms with Gasteiger partial charge in [-0.3, -0.25) is 4.79 Å². The second-order valence-corrected chi connectivity index (χ2v) is 5.88. The lowest BCUT2D eigenvalue weighted by atomic mass is 10.1. The summed E-state index contributed by atoms with van der Waals surface area (Å²) in [5, 5.41) is 2.65. The first-order valence-corrected chi connectivity index (χ1v) is 7.38. The molecule has 0 aliphatic rings. The molecule has 0 heterocycles. The number of ether oxygens (including phenoxy) is 1. The largest absolute Gasteiger partial charge is 0.383 e. The van der Waals surface area contributed by atoms with Crippen molar-refractivity contribution < 1.29 is 17.9 Å². The van der Waals surface area contributed by atoms with E-state index < -0.39 is 9.84 Å². The first-order chi connectivity index (χ1) is 8.45. The van der Waals surface area contributed by atoms with Gasteiger partial charge in [0, 0.05) is 19.9 Å². The lowest BCUT2D eigenvalue weighted by Gasteiger charge is -2.08. The number of carbonyl (C=O) groups excluding carboxylic acids is 1. The van der Waals surface area contributed by atoms with Gasteiger partial charge < -0.3 is 10.1 Å². The molecule has 1 rings (SSSR count). The average molecular weight is 271 g/mol. The van der Waals surface area contributed by atoms with Gasteiger partial charge in [-0.05, 0) is 11.6 Å². The highest BCUT2D eigenvalue weighted by Crippen LogP contribution is 2.15. The highest BCUT2D eigenvalue weighted by Gasteiger charge is 2.14. The lowest BCUT2D eigenvalue weighted by molar-refractivity contribution is -0.120. The lowest BCUT2D eigenvalue weighted by Crippen LogP contribution is -2.28. The maximum atomic E-state index is 11.6. The van der Waals surface area contributed by atoms with Crippen LogP contribution in [-0.2, 0) is 25.8 Å². The third-order valence-electron chi connectivity index (χ3n) is 2.35. The van der Waals surface area contributed by atoms with Crippen molar-refractivity contribution in [1.29, 1.82) is 0 Å². The van der Waals surface area contributed by atoms with E-state index in [4.69, 9.17) is 4.74 Å². The van der Waals surface area contributed by atoms with Crippen molar-refractivity contribution in [2.24, 2.45) is 0 Å². The van der Waals surface area contributed by atoms with E-state index in [2.05, 4.69) is 5.32 Å². The molecule has 1 amide bonds. The molecule has 0 aliphatic carbocycles. The van der Waals surface area contributed by atoms with E-state index in [0.717, 1.165) is 6.26 Å². The smallest absolute Gasteiger partial charge is 0.224 e. The highest BCUT2D eigenvalue weighted by atomic mass is 32.2. The molecule has 0 saturated heterocycles. The highest BCUT2D eigenvalue weighted by molar-refractivity contribution is 7.90. The van der Waals surface area contributed by atoms with Crippen LogP contribution in [-0.4, -0.2) is 40.8 Å². The molecule has 0 aliphatic heterocycles. The molecule has 0 unspecified atom stereocenters. The molecule has 0 atom stereocenters. The van der Waals surface area contributed by atoms with Crippen LogP contribution < -0.4 is 5.32 Å². The van der Waals surface area contributed by atoms with Crippen LogP contribution in [0.1, 0.15) is 5.56 Å². The van der Waals surface area contributed by atoms with Crippen LogP contribution in [0.3, 0.4) is 0 Å². The molecule has 1 aromatic rings. The zero-order chi connectivity index (χ0) is 13.6. The van der Waals surface area contributed by atoms with Crippen molar-refractivity contribution in [2.75, 3.05) is 26.5 Å². The minimum absolute atomic E-state index is 0.0486. The van der Waals surface area contributed by atoms with Crippen LogP contribution in [0.5, 0.6) is 0 Å². The number of rotatable bonds is 6. The minimum atomic E-state index is -3.31. The Kier molecular flexibility index (Phi) is 5.30. The molecule has 1 aromatic carbocycles. The van der Waals surface area contributed by atoms with E-state index in [0.29, 0.717) is 18.7 Å². The van der Waals surface area contributed by atoms with Gasteiger partial charge in [0.25, 0.3) is 0 Å². The van der Waals surface area contributed by atoms with Gasteiger partial charge in [0.1, 0.15) is 0 Å². The number of nitrogens with one attached hydrogen (secondary N) is 1. The molecule has 0 spiro atoms. The van der Waals surface area contributed by atoms with Crippen molar-refractivity contribution in [1.82, 2.24) is 5.32 Å². The summed E-state index contributed by atoms with van der Waals surface area (Å²) in [7, 11) is -1.76. The fraction of sp³-hybridized carbons (Fsp3) is 0.417. The van der Waals surface area contributed by atoms with Gasteiger partial charge in [-0.15, -0.1) is 0 Å². The number of hydrogen-bond donors (Lipinski definition) is 1. The van der Waals surface area contributed by atoms with Crippen LogP contribution in [0.15, 0.2) is 29.2 Å². The molecule has 18 heavy (non-hydrogen) atoms. The van der Waals surface area contributed by atoms with Gasteiger partial charge in [-0.1, -0.05) is 18.2 Å². The Hall–Kier alpha value is -1.40. The molecule has 100 valence electrons. The van der Waals surface area contributed by atoms with Gasteiger partial charge >= 0.3 is 0 Å². The summed E-state index contributed by atoms with van der Waals surface area (Å²) in [6.45, 7) is 0.843. The first-order valence-electron chi connectivity index (χ1n) is 5.48. The maximum Gasteiger partial charge on any atom is 0.224 e. The van der Waals surface area contributed by atoms with Crippen LogP contribution in [0.4, 0.5) is 0 Å². The predicted molar refractivity (Wildman–Crippen MR) is 68.1 cm³/mol. The Bertz CT molecular complexity index is 511. The molecule has 1 N–H and O–H groups in total. The van der Waals surface area contributed by atoms with Crippen molar-refractivity contribution in [3.63, 3.8) is 0 Å². The second-order valence-electron chi connectivity index (χ2n) is 3.90. The molecule has 6 heteroatoms. The minimum Gasteiger partial charge on any atom is -0.383 e. The molecule has 0 radical (unpaired) electrons. The summed E-state index contributed by atoms with van der Waals surface area (Å²) >= 11 is 0. The molecule has 5 nitrogen and oxygen atoms in total. The van der Waals surface area contributed by atoms with E-state index in [9.17, 15) is 13.2 Å². The summed E-state index contributed by atoms with van der Waals surface area (Å²) in [5.41, 5.74) is 0.509. The van der Waals surface area contributed by atoms with Gasteiger partial charge in [0.2, 0.25) is 5.91 Å². The molecule has 0 bridgehead atoms. The van der Waals surface area contributed by atoms with Gasteiger partial charge in [-0.25, -0.2) is 8.42 Å². The average Bonchev–Trinajstić information content (AvgIpc) is 2.28. The summed E-state index contributed by atoms with van der Waals surface area (Å²) in [4.78, 5) is 11.8. The summed E-state index contributed by atoms with van der Waals surface area (Å²) in [5.74, 6) is -0.219. The quantitative estimate of drug-likeness (QED) is 0.760. The fourth-order valence-corrected chi connectivity index (χ4v) is 2.48. The number of hydrogen-bond acceptors (Lipinski definition) is 4. The third-order valence-corrected chi connectivity index (χ3v) is 3.55. The fourth-order valence-electron chi connectivity index (χ4n) is 1.54. The Balaban J connectivity index is 2.76. The van der Waals surface area contributed by atoms with Crippen molar-refractivity contribution in [3.8, 4) is 0 Å². The van der Waals surface area contributed by atoms with Gasteiger partial charge in [0.15, 0.2) is 9.84 Å². The first kappa shape index (κ1) is 14.7. The second kappa shape index (κ2) is 6.51. The molecule has 0 saturated carbocycles. The number of amides is 1. The summed E-state index contributed by atoms with van der Waals surface area (Å²) in [6.07, 6.45) is 1.18. The number of methoxy groups -OCH3 is 1. The zero-order valence-corrected chi connectivity index (χ0v) is 11.3. The van der Waals surface area contributed by atoms with E-state index >= 15 is 0 Å². The predicted octanol–water partition coefficient (Wildman–Crippen LogP) is 0.395.